The summed E-state index contributed by atoms with van der Waals surface area (Å²) in [5, 5.41) is 12.6. The van der Waals surface area contributed by atoms with Crippen LogP contribution in [0.25, 0.3) is 10.8 Å². The van der Waals surface area contributed by atoms with E-state index in [1.807, 2.05) is 0 Å². The highest BCUT2D eigenvalue weighted by molar-refractivity contribution is 6.13. The molecule has 0 fully saturated rings. The molecule has 0 aliphatic carbocycles. The van der Waals surface area contributed by atoms with E-state index in [0.717, 1.165) is 0 Å². The molecule has 0 saturated heterocycles. The molecule has 0 heterocycles. The largest absolute Gasteiger partial charge is 0.478 e. The molecule has 0 bridgehead atoms. The minimum absolute atomic E-state index is 0.126. The summed E-state index contributed by atoms with van der Waals surface area (Å²) in [7, 11) is 0. The number of hydrogen-bond donors (Lipinski definition) is 1. The fourth-order valence-electron chi connectivity index (χ4n) is 1.87. The second-order valence-corrected chi connectivity index (χ2v) is 3.72. The first kappa shape index (κ1) is 11.9. The third-order valence-electron chi connectivity index (χ3n) is 2.66. The summed E-state index contributed by atoms with van der Waals surface area (Å²) in [6.07, 6.45) is 0. The molecule has 2 rings (SSSR count). The normalized spacial score (nSPS) is 10.2. The van der Waals surface area contributed by atoms with Crippen molar-refractivity contribution in [3.05, 3.63) is 52.4 Å². The van der Waals surface area contributed by atoms with Gasteiger partial charge in [0.25, 0.3) is 0 Å². The minimum atomic E-state index is -1.06. The number of hydrogen-bond acceptors (Lipinski definition) is 4. The number of carboxylic acid groups (broad SMARTS) is 1. The maximum absolute atomic E-state index is 11.7. The van der Waals surface area contributed by atoms with Crippen molar-refractivity contribution in [1.29, 1.82) is 0 Å². The van der Waals surface area contributed by atoms with E-state index >= 15 is 0 Å². The standard InChI is InChI=1S/C13H9NO4/c15-12(7-14-18)10-5-6-11(13(16)17)9-4-2-1-3-8(9)10/h1-6H,7H2,(H,16,17). The Balaban J connectivity index is 2.72. The van der Waals surface area contributed by atoms with Gasteiger partial charge in [-0.3, -0.25) is 4.79 Å². The van der Waals surface area contributed by atoms with E-state index in [-0.39, 0.29) is 5.56 Å². The first-order chi connectivity index (χ1) is 8.65. The summed E-state index contributed by atoms with van der Waals surface area (Å²) in [6, 6.07) is 9.46. The zero-order valence-corrected chi connectivity index (χ0v) is 9.29. The molecule has 0 radical (unpaired) electrons. The number of carbonyl (C=O) groups excluding carboxylic acids is 1. The zero-order chi connectivity index (χ0) is 13.1. The van der Waals surface area contributed by atoms with E-state index in [9.17, 15) is 14.5 Å². The second kappa shape index (κ2) is 4.75. The maximum Gasteiger partial charge on any atom is 0.336 e. The Hall–Kier alpha value is -2.56. The van der Waals surface area contributed by atoms with Crippen LogP contribution in [0, 0.1) is 4.91 Å². The van der Waals surface area contributed by atoms with Crippen LogP contribution < -0.4 is 0 Å². The van der Waals surface area contributed by atoms with Gasteiger partial charge in [-0.1, -0.05) is 29.4 Å². The van der Waals surface area contributed by atoms with Gasteiger partial charge in [0.1, 0.15) is 6.54 Å². The molecule has 2 aromatic carbocycles. The number of carbonyl (C=O) groups is 2. The van der Waals surface area contributed by atoms with Crippen molar-refractivity contribution >= 4 is 22.5 Å². The Morgan fingerprint density at radius 1 is 1.00 bits per heavy atom. The van der Waals surface area contributed by atoms with E-state index in [1.165, 1.54) is 12.1 Å². The molecule has 0 aliphatic heterocycles. The van der Waals surface area contributed by atoms with Crippen LogP contribution in [0.5, 0.6) is 0 Å². The van der Waals surface area contributed by atoms with Gasteiger partial charge in [0.15, 0.2) is 5.78 Å². The predicted octanol–water partition coefficient (Wildman–Crippen LogP) is 2.49. The molecule has 5 nitrogen and oxygen atoms in total. The van der Waals surface area contributed by atoms with Gasteiger partial charge in [-0.25, -0.2) is 4.79 Å². The summed E-state index contributed by atoms with van der Waals surface area (Å²) in [5.41, 5.74) is 0.441. The van der Waals surface area contributed by atoms with Crippen LogP contribution in [-0.4, -0.2) is 23.4 Å². The van der Waals surface area contributed by atoms with Gasteiger partial charge < -0.3 is 5.11 Å². The number of carboxylic acids is 1. The van der Waals surface area contributed by atoms with E-state index < -0.39 is 18.3 Å². The van der Waals surface area contributed by atoms with Gasteiger partial charge in [-0.05, 0) is 22.9 Å². The predicted molar refractivity (Wildman–Crippen MR) is 65.9 cm³/mol. The zero-order valence-electron chi connectivity index (χ0n) is 9.29. The lowest BCUT2D eigenvalue weighted by Crippen LogP contribution is -2.06. The number of Topliss-reactive ketones (excluding diaryl/α,β-unsaturated/α-hetero) is 1. The van der Waals surface area contributed by atoms with Crippen molar-refractivity contribution in [2.45, 2.75) is 0 Å². The molecule has 0 aromatic heterocycles. The topological polar surface area (TPSA) is 83.8 Å². The summed E-state index contributed by atoms with van der Waals surface area (Å²) >= 11 is 0. The molecular weight excluding hydrogens is 234 g/mol. The molecule has 0 saturated carbocycles. The average Bonchev–Trinajstić information content (AvgIpc) is 2.37. The van der Waals surface area contributed by atoms with Crippen LogP contribution in [0.4, 0.5) is 0 Å². The van der Waals surface area contributed by atoms with Gasteiger partial charge in [-0.2, -0.15) is 4.91 Å². The van der Waals surface area contributed by atoms with E-state index in [2.05, 4.69) is 5.18 Å². The molecule has 0 amide bonds. The number of nitroso groups, excluding NO2 is 1. The number of rotatable bonds is 4. The highest BCUT2D eigenvalue weighted by Gasteiger charge is 2.15. The van der Waals surface area contributed by atoms with Crippen LogP contribution >= 0.6 is 0 Å². The van der Waals surface area contributed by atoms with Crippen molar-refractivity contribution in [3.8, 4) is 0 Å². The van der Waals surface area contributed by atoms with Gasteiger partial charge >= 0.3 is 5.97 Å². The minimum Gasteiger partial charge on any atom is -0.478 e. The molecule has 0 spiro atoms. The molecule has 5 heteroatoms. The van der Waals surface area contributed by atoms with Crippen LogP contribution in [0.3, 0.4) is 0 Å². The summed E-state index contributed by atoms with van der Waals surface area (Å²) in [5.74, 6) is -1.48. The van der Waals surface area contributed by atoms with Crippen LogP contribution in [0.2, 0.25) is 0 Å². The van der Waals surface area contributed by atoms with Crippen molar-refractivity contribution in [2.24, 2.45) is 5.18 Å². The Morgan fingerprint density at radius 2 is 1.56 bits per heavy atom. The Morgan fingerprint density at radius 3 is 2.11 bits per heavy atom. The Labute approximate surface area is 102 Å². The lowest BCUT2D eigenvalue weighted by Gasteiger charge is -2.06. The average molecular weight is 243 g/mol. The first-order valence-electron chi connectivity index (χ1n) is 5.22. The third kappa shape index (κ3) is 1.98. The Bertz CT molecular complexity index is 648. The first-order valence-corrected chi connectivity index (χ1v) is 5.22. The highest BCUT2D eigenvalue weighted by Crippen LogP contribution is 2.23. The Kier molecular flexibility index (Phi) is 3.14. The van der Waals surface area contributed by atoms with Crippen LogP contribution in [0.1, 0.15) is 20.7 Å². The van der Waals surface area contributed by atoms with E-state index in [1.54, 1.807) is 24.3 Å². The molecule has 1 N–H and O–H groups in total. The SMILES string of the molecule is O=NCC(=O)c1ccc(C(=O)O)c2ccccc12. The fourth-order valence-corrected chi connectivity index (χ4v) is 1.87. The van der Waals surface area contributed by atoms with Crippen LogP contribution in [0.15, 0.2) is 41.6 Å². The number of ketones is 1. The van der Waals surface area contributed by atoms with Gasteiger partial charge in [0, 0.05) is 5.56 Å². The summed E-state index contributed by atoms with van der Waals surface area (Å²) < 4.78 is 0. The van der Waals surface area contributed by atoms with Gasteiger partial charge in [-0.15, -0.1) is 0 Å². The summed E-state index contributed by atoms with van der Waals surface area (Å²) in [6.45, 7) is -0.448. The lowest BCUT2D eigenvalue weighted by atomic mass is 9.97. The molecule has 0 aliphatic rings. The van der Waals surface area contributed by atoms with Crippen molar-refractivity contribution in [1.82, 2.24) is 0 Å². The molecular formula is C13H9NO4. The smallest absolute Gasteiger partial charge is 0.336 e. The molecule has 0 unspecified atom stereocenters. The number of benzene rings is 2. The third-order valence-corrected chi connectivity index (χ3v) is 2.66. The molecule has 2 aromatic rings. The van der Waals surface area contributed by atoms with Gasteiger partial charge in [0.05, 0.1) is 5.56 Å². The van der Waals surface area contributed by atoms with Crippen molar-refractivity contribution in [2.75, 3.05) is 6.54 Å². The monoisotopic (exact) mass is 243 g/mol. The quantitative estimate of drug-likeness (QED) is 0.660. The van der Waals surface area contributed by atoms with Gasteiger partial charge in [0.2, 0.25) is 0 Å². The van der Waals surface area contributed by atoms with Crippen molar-refractivity contribution < 1.29 is 14.7 Å². The number of fused-ring (bicyclic) bond motifs is 1. The van der Waals surface area contributed by atoms with E-state index in [0.29, 0.717) is 16.3 Å². The highest BCUT2D eigenvalue weighted by atomic mass is 16.4. The molecule has 18 heavy (non-hydrogen) atoms. The molecule has 0 atom stereocenters. The number of aromatic carboxylic acids is 1. The van der Waals surface area contributed by atoms with Crippen LogP contribution in [-0.2, 0) is 0 Å². The van der Waals surface area contributed by atoms with Crippen molar-refractivity contribution in [3.63, 3.8) is 0 Å². The fraction of sp³-hybridized carbons (Fsp3) is 0.0769. The lowest BCUT2D eigenvalue weighted by molar-refractivity contribution is 0.0698. The van der Waals surface area contributed by atoms with E-state index in [4.69, 9.17) is 5.11 Å². The summed E-state index contributed by atoms with van der Waals surface area (Å²) in [4.78, 5) is 32.9. The second-order valence-electron chi connectivity index (χ2n) is 3.72. The number of nitrogens with zero attached hydrogens (tertiary/aromatic N) is 1. The maximum atomic E-state index is 11.7. The molecule has 90 valence electrons.